The summed E-state index contributed by atoms with van der Waals surface area (Å²) in [6, 6.07) is 0. The SMILES string of the molecule is CCC(F)C(F)(F)C(F)(F)C(F)(F)C(F)(F)C(F)(F)OC(F)F. The molecule has 0 saturated carbocycles. The van der Waals surface area contributed by atoms with Crippen LogP contribution in [0.5, 0.6) is 0 Å². The number of halogens is 13. The van der Waals surface area contributed by atoms with Crippen LogP contribution >= 0.6 is 0 Å². The lowest BCUT2D eigenvalue weighted by atomic mass is 9.94. The van der Waals surface area contributed by atoms with Crippen LogP contribution in [0.25, 0.3) is 0 Å². The molecule has 1 atom stereocenters. The summed E-state index contributed by atoms with van der Waals surface area (Å²) in [4.78, 5) is 0. The predicted octanol–water partition coefficient (Wildman–Crippen LogP) is 5.11. The average molecular weight is 378 g/mol. The Hall–Kier alpha value is -0.950. The van der Waals surface area contributed by atoms with Crippen molar-refractivity contribution < 1.29 is 61.8 Å². The van der Waals surface area contributed by atoms with E-state index in [-0.39, 0.29) is 0 Å². The predicted molar refractivity (Wildman–Crippen MR) is 47.0 cm³/mol. The Labute approximate surface area is 119 Å². The molecule has 0 aromatic rings. The van der Waals surface area contributed by atoms with E-state index < -0.39 is 49.0 Å². The zero-order chi connectivity index (χ0) is 19.1. The maximum Gasteiger partial charge on any atom is 0.430 e. The summed E-state index contributed by atoms with van der Waals surface area (Å²) in [7, 11) is 0. The molecule has 0 aliphatic carbocycles. The third-order valence-corrected chi connectivity index (χ3v) is 2.56. The number of hydrogen-bond donors (Lipinski definition) is 0. The van der Waals surface area contributed by atoms with E-state index in [2.05, 4.69) is 0 Å². The van der Waals surface area contributed by atoms with Gasteiger partial charge in [-0.05, 0) is 6.42 Å². The molecule has 23 heavy (non-hydrogen) atoms. The summed E-state index contributed by atoms with van der Waals surface area (Å²) in [6.45, 7) is -4.38. The van der Waals surface area contributed by atoms with Crippen LogP contribution < -0.4 is 0 Å². The number of alkyl halides is 13. The molecule has 0 saturated heterocycles. The van der Waals surface area contributed by atoms with Crippen LogP contribution in [0.4, 0.5) is 57.1 Å². The van der Waals surface area contributed by atoms with Crippen LogP contribution in [0.1, 0.15) is 13.3 Å². The van der Waals surface area contributed by atoms with Gasteiger partial charge in [0, 0.05) is 0 Å². The molecule has 0 aliphatic rings. The summed E-state index contributed by atoms with van der Waals surface area (Å²) in [5.41, 5.74) is 0. The maximum atomic E-state index is 13.0. The van der Waals surface area contributed by atoms with Gasteiger partial charge in [-0.25, -0.2) is 4.39 Å². The van der Waals surface area contributed by atoms with Crippen molar-refractivity contribution in [2.75, 3.05) is 0 Å². The van der Waals surface area contributed by atoms with E-state index in [1.165, 1.54) is 0 Å². The molecule has 0 fully saturated rings. The van der Waals surface area contributed by atoms with Crippen molar-refractivity contribution >= 4 is 0 Å². The van der Waals surface area contributed by atoms with E-state index in [1.807, 2.05) is 4.74 Å². The van der Waals surface area contributed by atoms with Crippen molar-refractivity contribution in [3.63, 3.8) is 0 Å². The molecular weight excluding hydrogens is 371 g/mol. The third-order valence-electron chi connectivity index (χ3n) is 2.56. The molecule has 0 aromatic carbocycles. The highest BCUT2D eigenvalue weighted by Crippen LogP contribution is 2.58. The van der Waals surface area contributed by atoms with E-state index in [9.17, 15) is 57.1 Å². The second kappa shape index (κ2) is 6.16. The Morgan fingerprint density at radius 1 is 0.696 bits per heavy atom. The highest BCUT2D eigenvalue weighted by atomic mass is 19.4. The van der Waals surface area contributed by atoms with E-state index in [1.54, 1.807) is 0 Å². The van der Waals surface area contributed by atoms with E-state index in [4.69, 9.17) is 0 Å². The highest BCUT2D eigenvalue weighted by molar-refractivity contribution is 5.08. The number of ether oxygens (including phenoxy) is 1. The van der Waals surface area contributed by atoms with Gasteiger partial charge in [0.1, 0.15) is 0 Å². The van der Waals surface area contributed by atoms with Crippen LogP contribution in [-0.2, 0) is 4.74 Å². The Morgan fingerprint density at radius 3 is 1.39 bits per heavy atom. The van der Waals surface area contributed by atoms with Gasteiger partial charge >= 0.3 is 36.4 Å². The minimum absolute atomic E-state index is 0.444. The first-order valence-corrected chi connectivity index (χ1v) is 5.39. The van der Waals surface area contributed by atoms with Gasteiger partial charge in [-0.2, -0.15) is 52.7 Å². The van der Waals surface area contributed by atoms with Gasteiger partial charge in [-0.3, -0.25) is 4.74 Å². The van der Waals surface area contributed by atoms with E-state index >= 15 is 0 Å². The van der Waals surface area contributed by atoms with Crippen molar-refractivity contribution in [2.45, 2.75) is 55.9 Å². The zero-order valence-corrected chi connectivity index (χ0v) is 10.7. The standard InChI is InChI=1S/C9H7F13O/c1-2-3(10)5(13,14)6(15,16)7(17,18)8(19,20)9(21,22)23-4(11)12/h3-4H,2H2,1H3. The Balaban J connectivity index is 6.03. The summed E-state index contributed by atoms with van der Waals surface area (Å²) >= 11 is 0. The fraction of sp³-hybridized carbons (Fsp3) is 1.00. The smallest absolute Gasteiger partial charge is 0.253 e. The third kappa shape index (κ3) is 3.31. The molecule has 1 nitrogen and oxygen atoms in total. The Morgan fingerprint density at radius 2 is 1.09 bits per heavy atom. The molecular formula is C9H7F13O. The fourth-order valence-corrected chi connectivity index (χ4v) is 1.23. The van der Waals surface area contributed by atoms with Crippen molar-refractivity contribution in [2.24, 2.45) is 0 Å². The lowest BCUT2D eigenvalue weighted by molar-refractivity contribution is -0.465. The second-order valence-electron chi connectivity index (χ2n) is 4.12. The molecule has 0 radical (unpaired) electrons. The molecule has 0 bridgehead atoms. The first-order valence-electron chi connectivity index (χ1n) is 5.39. The molecule has 0 aromatic heterocycles. The lowest BCUT2D eigenvalue weighted by Crippen LogP contribution is -2.69. The maximum absolute atomic E-state index is 13.0. The first-order chi connectivity index (χ1) is 9.90. The van der Waals surface area contributed by atoms with Gasteiger partial charge in [-0.15, -0.1) is 0 Å². The van der Waals surface area contributed by atoms with E-state index in [0.717, 1.165) is 0 Å². The van der Waals surface area contributed by atoms with Gasteiger partial charge in [0.25, 0.3) is 0 Å². The number of hydrogen-bond acceptors (Lipinski definition) is 1. The lowest BCUT2D eigenvalue weighted by Gasteiger charge is -2.39. The van der Waals surface area contributed by atoms with Gasteiger partial charge in [0.05, 0.1) is 0 Å². The fourth-order valence-electron chi connectivity index (χ4n) is 1.23. The summed E-state index contributed by atoms with van der Waals surface area (Å²) in [5.74, 6) is -29.0. The first kappa shape index (κ1) is 22.1. The van der Waals surface area contributed by atoms with Gasteiger partial charge in [0.15, 0.2) is 6.17 Å². The molecule has 0 N–H and O–H groups in total. The molecule has 0 heterocycles. The van der Waals surface area contributed by atoms with Crippen LogP contribution in [-0.4, -0.2) is 42.6 Å². The normalized spacial score (nSPS) is 16.8. The van der Waals surface area contributed by atoms with Crippen molar-refractivity contribution in [1.29, 1.82) is 0 Å². The van der Waals surface area contributed by atoms with E-state index in [0.29, 0.717) is 6.92 Å². The molecule has 14 heteroatoms. The number of rotatable bonds is 8. The minimum atomic E-state index is -7.64. The van der Waals surface area contributed by atoms with Gasteiger partial charge < -0.3 is 0 Å². The van der Waals surface area contributed by atoms with Gasteiger partial charge in [-0.1, -0.05) is 6.92 Å². The monoisotopic (exact) mass is 378 g/mol. The second-order valence-corrected chi connectivity index (χ2v) is 4.12. The average Bonchev–Trinajstić information content (AvgIpc) is 2.34. The molecule has 0 spiro atoms. The van der Waals surface area contributed by atoms with Gasteiger partial charge in [0.2, 0.25) is 0 Å². The molecule has 140 valence electrons. The van der Waals surface area contributed by atoms with Crippen molar-refractivity contribution in [3.05, 3.63) is 0 Å². The Bertz CT molecular complexity index is 404. The van der Waals surface area contributed by atoms with Crippen molar-refractivity contribution in [3.8, 4) is 0 Å². The largest absolute Gasteiger partial charge is 0.430 e. The van der Waals surface area contributed by atoms with Crippen LogP contribution in [0.2, 0.25) is 0 Å². The summed E-state index contributed by atoms with van der Waals surface area (Å²) < 4.78 is 166. The summed E-state index contributed by atoms with van der Waals surface area (Å²) in [6.07, 6.45) is -12.6. The molecule has 0 aliphatic heterocycles. The Kier molecular flexibility index (Phi) is 5.91. The van der Waals surface area contributed by atoms with Crippen LogP contribution in [0.3, 0.4) is 0 Å². The van der Waals surface area contributed by atoms with Crippen LogP contribution in [0.15, 0.2) is 0 Å². The molecule has 0 amide bonds. The molecule has 1 unspecified atom stereocenters. The quantitative estimate of drug-likeness (QED) is 0.534. The van der Waals surface area contributed by atoms with Crippen molar-refractivity contribution in [1.82, 2.24) is 0 Å². The minimum Gasteiger partial charge on any atom is -0.253 e. The zero-order valence-electron chi connectivity index (χ0n) is 10.7. The highest BCUT2D eigenvalue weighted by Gasteiger charge is 2.88. The van der Waals surface area contributed by atoms with Crippen LogP contribution in [0, 0.1) is 0 Å². The summed E-state index contributed by atoms with van der Waals surface area (Å²) in [5, 5.41) is 0. The molecule has 0 rings (SSSR count). The topological polar surface area (TPSA) is 9.23 Å².